The molecule has 0 unspecified atom stereocenters. The molecular formula is C31H31F3N4O6S2. The summed E-state index contributed by atoms with van der Waals surface area (Å²) in [5.41, 5.74) is 13.4. The number of carbonyl (C=O) groups is 2. The number of halogens is 3. The Morgan fingerprint density at radius 2 is 1.43 bits per heavy atom. The van der Waals surface area contributed by atoms with Crippen LogP contribution in [0.15, 0.2) is 102 Å². The number of thiophene rings is 1. The van der Waals surface area contributed by atoms with Gasteiger partial charge in [-0.15, -0.1) is 11.3 Å². The van der Waals surface area contributed by atoms with E-state index in [0.717, 1.165) is 13.2 Å². The number of aliphatic hydroxyl groups excluding tert-OH is 1. The van der Waals surface area contributed by atoms with Gasteiger partial charge in [0.1, 0.15) is 0 Å². The largest absolute Gasteiger partial charge is 0.452 e. The fourth-order valence-electron chi connectivity index (χ4n) is 4.88. The van der Waals surface area contributed by atoms with Gasteiger partial charge in [0, 0.05) is 21.4 Å². The Morgan fingerprint density at radius 3 is 1.91 bits per heavy atom. The second-order valence-electron chi connectivity index (χ2n) is 10.1. The molecule has 46 heavy (non-hydrogen) atoms. The van der Waals surface area contributed by atoms with Gasteiger partial charge in [0.05, 0.1) is 30.7 Å². The van der Waals surface area contributed by atoms with Gasteiger partial charge in [0.25, 0.3) is 5.91 Å². The van der Waals surface area contributed by atoms with E-state index in [9.17, 15) is 36.3 Å². The molecule has 244 valence electrons. The number of aliphatic hydroxyl groups is 1. The first-order valence-corrected chi connectivity index (χ1v) is 16.0. The highest BCUT2D eigenvalue weighted by atomic mass is 32.2. The lowest BCUT2D eigenvalue weighted by molar-refractivity contribution is -0.186. The molecule has 0 spiro atoms. The molecule has 1 heterocycles. The summed E-state index contributed by atoms with van der Waals surface area (Å²) in [5, 5.41) is 10.00. The van der Waals surface area contributed by atoms with Crippen molar-refractivity contribution in [3.63, 3.8) is 0 Å². The van der Waals surface area contributed by atoms with Crippen LogP contribution in [0.4, 0.5) is 23.7 Å². The van der Waals surface area contributed by atoms with E-state index in [1.54, 1.807) is 60.7 Å². The minimum atomic E-state index is -5.21. The average Bonchev–Trinajstić information content (AvgIpc) is 3.51. The molecular weight excluding hydrogens is 645 g/mol. The number of nitrogens with one attached hydrogen (secondary N) is 1. The van der Waals surface area contributed by atoms with E-state index in [4.69, 9.17) is 11.5 Å². The van der Waals surface area contributed by atoms with Gasteiger partial charge in [-0.25, -0.2) is 22.8 Å². The Labute approximate surface area is 267 Å². The van der Waals surface area contributed by atoms with Gasteiger partial charge in [-0.2, -0.15) is 13.2 Å². The van der Waals surface area contributed by atoms with E-state index >= 15 is 0 Å². The van der Waals surface area contributed by atoms with Gasteiger partial charge >= 0.3 is 12.3 Å². The first kappa shape index (κ1) is 34.6. The van der Waals surface area contributed by atoms with Gasteiger partial charge in [-0.1, -0.05) is 60.7 Å². The van der Waals surface area contributed by atoms with Crippen LogP contribution < -0.4 is 16.2 Å². The Hall–Kier alpha value is -4.28. The molecule has 0 aliphatic carbocycles. The Morgan fingerprint density at radius 1 is 0.913 bits per heavy atom. The number of hydrogen-bond donors (Lipinski definition) is 4. The molecule has 0 aliphatic heterocycles. The first-order chi connectivity index (χ1) is 21.8. The van der Waals surface area contributed by atoms with Crippen molar-refractivity contribution in [1.29, 1.82) is 0 Å². The van der Waals surface area contributed by atoms with Crippen LogP contribution in [0, 0.1) is 0 Å². The summed E-state index contributed by atoms with van der Waals surface area (Å²) >= 11 is 0.456. The predicted octanol–water partition coefficient (Wildman–Crippen LogP) is 4.70. The van der Waals surface area contributed by atoms with Crippen LogP contribution in [-0.4, -0.2) is 56.4 Å². The van der Waals surface area contributed by atoms with Crippen LogP contribution in [0.25, 0.3) is 0 Å². The van der Waals surface area contributed by atoms with Gasteiger partial charge in [0.2, 0.25) is 10.0 Å². The minimum Gasteiger partial charge on any atom is -0.452 e. The number of imide groups is 1. The van der Waals surface area contributed by atoms with Crippen molar-refractivity contribution in [2.45, 2.75) is 35.1 Å². The second-order valence-corrected chi connectivity index (χ2v) is 13.0. The molecule has 10 nitrogen and oxygen atoms in total. The lowest BCUT2D eigenvalue weighted by Crippen LogP contribution is -2.53. The number of nitrogen functional groups attached to an aromatic ring is 1. The summed E-state index contributed by atoms with van der Waals surface area (Å²) in [6.07, 6.45) is -6.81. The van der Waals surface area contributed by atoms with Crippen molar-refractivity contribution in [2.75, 3.05) is 19.5 Å². The Bertz CT molecular complexity index is 1700. The summed E-state index contributed by atoms with van der Waals surface area (Å²) in [6, 6.07) is 18.3. The third-order valence-corrected chi connectivity index (χ3v) is 9.81. The van der Waals surface area contributed by atoms with E-state index in [1.807, 2.05) is 0 Å². The molecule has 4 aromatic rings. The lowest BCUT2D eigenvalue weighted by Gasteiger charge is -2.34. The van der Waals surface area contributed by atoms with Crippen LogP contribution in [0.3, 0.4) is 0 Å². The average molecular weight is 677 g/mol. The number of rotatable bonds is 11. The van der Waals surface area contributed by atoms with Crippen LogP contribution >= 0.6 is 11.3 Å². The molecule has 0 bridgehead atoms. The van der Waals surface area contributed by atoms with Crippen molar-refractivity contribution >= 4 is 39.0 Å². The van der Waals surface area contributed by atoms with Gasteiger partial charge in [0.15, 0.2) is 6.04 Å². The van der Waals surface area contributed by atoms with E-state index in [1.165, 1.54) is 30.3 Å². The Kier molecular flexibility index (Phi) is 10.9. The third-order valence-electron chi connectivity index (χ3n) is 7.07. The molecule has 0 radical (unpaired) electrons. The quantitative estimate of drug-likeness (QED) is 0.166. The lowest BCUT2D eigenvalue weighted by atomic mass is 9.84. The van der Waals surface area contributed by atoms with E-state index in [-0.39, 0.29) is 14.7 Å². The van der Waals surface area contributed by atoms with Gasteiger partial charge in [-0.3, -0.25) is 4.79 Å². The topological polar surface area (TPSA) is 165 Å². The molecule has 2 amide bonds. The molecule has 0 fully saturated rings. The first-order valence-electron chi connectivity index (χ1n) is 13.7. The van der Waals surface area contributed by atoms with Gasteiger partial charge in [-0.05, 0) is 47.5 Å². The molecule has 0 saturated heterocycles. The normalized spacial score (nSPS) is 14.0. The number of nitrogens with zero attached hydrogens (tertiary/aromatic N) is 1. The number of methoxy groups -OCH3 is 1. The number of anilines is 1. The number of hydrogen-bond acceptors (Lipinski definition) is 9. The van der Waals surface area contributed by atoms with Crippen molar-refractivity contribution in [3.8, 4) is 0 Å². The summed E-state index contributed by atoms with van der Waals surface area (Å²) in [7, 11) is -3.40. The highest BCUT2D eigenvalue weighted by Crippen LogP contribution is 2.43. The molecule has 15 heteroatoms. The SMILES string of the molecule is COC(=O)N(C(=O)[C@@H](N)C(c1ccccc1)c1ccccc1)[C@H](c1ccc([C@@H](CO)NS(=O)(=O)c2ccc(N)cc2)s1)C(F)(F)F. The van der Waals surface area contributed by atoms with Crippen LogP contribution in [-0.2, 0) is 19.6 Å². The van der Waals surface area contributed by atoms with Crippen molar-refractivity contribution < 1.29 is 41.0 Å². The highest BCUT2D eigenvalue weighted by Gasteiger charge is 2.52. The van der Waals surface area contributed by atoms with E-state index in [0.29, 0.717) is 28.2 Å². The Balaban J connectivity index is 1.73. The van der Waals surface area contributed by atoms with Crippen LogP contribution in [0.2, 0.25) is 0 Å². The number of nitrogens with two attached hydrogens (primary N) is 2. The van der Waals surface area contributed by atoms with Crippen LogP contribution in [0.5, 0.6) is 0 Å². The summed E-state index contributed by atoms with van der Waals surface area (Å²) in [6.45, 7) is -0.814. The zero-order valence-electron chi connectivity index (χ0n) is 24.3. The van der Waals surface area contributed by atoms with Gasteiger partial charge < -0.3 is 21.3 Å². The third kappa shape index (κ3) is 7.74. The molecule has 4 rings (SSSR count). The minimum absolute atomic E-state index is 0.0150. The maximum absolute atomic E-state index is 14.8. The highest BCUT2D eigenvalue weighted by molar-refractivity contribution is 7.89. The fraction of sp³-hybridized carbons (Fsp3) is 0.226. The second kappa shape index (κ2) is 14.4. The summed E-state index contributed by atoms with van der Waals surface area (Å²) in [4.78, 5) is 26.1. The maximum atomic E-state index is 14.8. The zero-order valence-corrected chi connectivity index (χ0v) is 25.9. The molecule has 6 N–H and O–H groups in total. The number of alkyl halides is 3. The monoisotopic (exact) mass is 676 g/mol. The molecule has 0 aliphatic rings. The fourth-order valence-corrected chi connectivity index (χ4v) is 7.33. The standard InChI is InChI=1S/C31H31F3N4O6S2/c1-44-30(41)38(29(40)27(36)26(19-8-4-2-5-9-19)20-10-6-3-7-11-20)28(31(32,33)34)25-17-16-24(45-25)23(18-39)37-46(42,43)22-14-12-21(35)13-15-22/h2-17,23,26-28,37,39H,18,35-36H2,1H3/t23-,27+,28-/m1/s1. The summed E-state index contributed by atoms with van der Waals surface area (Å²) < 4.78 is 77.2. The smallest absolute Gasteiger partial charge is 0.417 e. The summed E-state index contributed by atoms with van der Waals surface area (Å²) in [5.74, 6) is -2.29. The number of ether oxygens (including phenoxy) is 1. The number of sulfonamides is 1. The molecule has 0 saturated carbocycles. The van der Waals surface area contributed by atoms with Crippen molar-refractivity contribution in [3.05, 3.63) is 118 Å². The zero-order chi connectivity index (χ0) is 33.6. The number of amides is 2. The maximum Gasteiger partial charge on any atom is 0.417 e. The number of benzene rings is 3. The predicted molar refractivity (Wildman–Crippen MR) is 166 cm³/mol. The van der Waals surface area contributed by atoms with Crippen molar-refractivity contribution in [1.82, 2.24) is 9.62 Å². The molecule has 3 aromatic carbocycles. The molecule has 3 atom stereocenters. The molecule has 1 aromatic heterocycles. The van der Waals surface area contributed by atoms with E-state index < -0.39 is 63.7 Å². The van der Waals surface area contributed by atoms with E-state index in [2.05, 4.69) is 9.46 Å². The van der Waals surface area contributed by atoms with Crippen LogP contribution in [0.1, 0.15) is 38.9 Å². The van der Waals surface area contributed by atoms with Crippen molar-refractivity contribution in [2.24, 2.45) is 5.73 Å². The number of carbonyl (C=O) groups excluding carboxylic acids is 2.